The Labute approximate surface area is 281 Å². The van der Waals surface area contributed by atoms with E-state index in [-0.39, 0.29) is 35.6 Å². The number of rotatable bonds is 8. The number of carbonyl (C=O) groups excluding carboxylic acids is 3. The molecule has 1 aromatic carbocycles. The Kier molecular flexibility index (Phi) is 7.10. The van der Waals surface area contributed by atoms with Crippen molar-refractivity contribution < 1.29 is 14.4 Å². The Bertz CT molecular complexity index is 1950. The molecule has 242 valence electrons. The summed E-state index contributed by atoms with van der Waals surface area (Å²) in [6.45, 7) is 8.29. The highest BCUT2D eigenvalue weighted by Gasteiger charge is 2.68. The van der Waals surface area contributed by atoms with Gasteiger partial charge in [-0.1, -0.05) is 18.6 Å². The second-order valence-electron chi connectivity index (χ2n) is 14.2. The Hall–Kier alpha value is -4.03. The first-order chi connectivity index (χ1) is 22.5. The number of anilines is 1. The lowest BCUT2D eigenvalue weighted by Gasteiger charge is -2.56. The number of aryl methyl sites for hydroxylation is 2. The van der Waals surface area contributed by atoms with Crippen LogP contribution in [0, 0.1) is 24.7 Å². The van der Waals surface area contributed by atoms with Crippen molar-refractivity contribution in [3.63, 3.8) is 0 Å². The molecule has 4 aliphatic rings. The van der Waals surface area contributed by atoms with Gasteiger partial charge in [0.15, 0.2) is 5.78 Å². The molecule has 11 nitrogen and oxygen atoms in total. The highest BCUT2D eigenvalue weighted by atomic mass is 79.9. The van der Waals surface area contributed by atoms with Crippen LogP contribution in [0.25, 0.3) is 22.0 Å². The van der Waals surface area contributed by atoms with Gasteiger partial charge >= 0.3 is 0 Å². The lowest BCUT2D eigenvalue weighted by Crippen LogP contribution is -2.60. The molecule has 0 bridgehead atoms. The van der Waals surface area contributed by atoms with Crippen molar-refractivity contribution >= 4 is 50.2 Å². The molecule has 4 aromatic rings. The number of hydrogen-bond acceptors (Lipinski definition) is 8. The van der Waals surface area contributed by atoms with Crippen LogP contribution in [-0.4, -0.2) is 83.8 Å². The Balaban J connectivity index is 1.08. The first kappa shape index (κ1) is 30.3. The van der Waals surface area contributed by atoms with E-state index in [4.69, 9.17) is 0 Å². The molecule has 8 rings (SSSR count). The van der Waals surface area contributed by atoms with Crippen LogP contribution in [0.15, 0.2) is 47.3 Å². The Morgan fingerprint density at radius 3 is 2.49 bits per heavy atom. The molecule has 2 saturated carbocycles. The van der Waals surface area contributed by atoms with Crippen molar-refractivity contribution in [2.45, 2.75) is 71.5 Å². The number of halogens is 1. The van der Waals surface area contributed by atoms with Crippen molar-refractivity contribution in [1.82, 2.24) is 34.5 Å². The number of nitrogens with one attached hydrogen (secondary N) is 1. The first-order valence-electron chi connectivity index (χ1n) is 16.3. The Morgan fingerprint density at radius 2 is 1.79 bits per heavy atom. The Morgan fingerprint density at radius 1 is 1.02 bits per heavy atom. The summed E-state index contributed by atoms with van der Waals surface area (Å²) in [6.07, 6.45) is 8.96. The molecular weight excluding hydrogens is 660 g/mol. The molecule has 2 aliphatic heterocycles. The van der Waals surface area contributed by atoms with Crippen LogP contribution in [0.2, 0.25) is 0 Å². The fraction of sp³-hybridized carbons (Fsp3) is 0.457. The van der Waals surface area contributed by atoms with Gasteiger partial charge in [0.2, 0.25) is 11.8 Å². The van der Waals surface area contributed by atoms with Crippen LogP contribution in [0.5, 0.6) is 0 Å². The first-order valence-corrected chi connectivity index (χ1v) is 17.1. The maximum Gasteiger partial charge on any atom is 0.248 e. The zero-order chi connectivity index (χ0) is 32.7. The van der Waals surface area contributed by atoms with Gasteiger partial charge in [-0.05, 0) is 90.2 Å². The number of hydrogen-bond donors (Lipinski definition) is 1. The minimum atomic E-state index is -0.623. The minimum Gasteiger partial charge on any atom is -0.325 e. The summed E-state index contributed by atoms with van der Waals surface area (Å²) in [6, 6.07) is 8.82. The maximum absolute atomic E-state index is 14.3. The van der Waals surface area contributed by atoms with Crippen LogP contribution in [0.1, 0.15) is 60.9 Å². The molecular formula is C35H37BrN8O3. The van der Waals surface area contributed by atoms with E-state index in [0.29, 0.717) is 44.7 Å². The average Bonchev–Trinajstić information content (AvgIpc) is 3.41. The van der Waals surface area contributed by atoms with Crippen LogP contribution in [0.3, 0.4) is 0 Å². The fourth-order valence-electron chi connectivity index (χ4n) is 8.22. The van der Waals surface area contributed by atoms with Gasteiger partial charge in [0.1, 0.15) is 34.5 Å². The molecule has 2 saturated heterocycles. The number of carbonyl (C=O) groups is 3. The molecule has 3 atom stereocenters. The van der Waals surface area contributed by atoms with Crippen molar-refractivity contribution in [1.29, 1.82) is 0 Å². The molecule has 1 spiro atoms. The van der Waals surface area contributed by atoms with Gasteiger partial charge in [0.05, 0.1) is 5.52 Å². The molecule has 47 heavy (non-hydrogen) atoms. The van der Waals surface area contributed by atoms with Gasteiger partial charge in [0.25, 0.3) is 0 Å². The van der Waals surface area contributed by atoms with Gasteiger partial charge in [0, 0.05) is 61.4 Å². The molecule has 2 aliphatic carbocycles. The van der Waals surface area contributed by atoms with E-state index in [2.05, 4.69) is 46.2 Å². The number of likely N-dealkylation sites (tertiary alicyclic amines) is 2. The van der Waals surface area contributed by atoms with Gasteiger partial charge in [-0.25, -0.2) is 15.0 Å². The number of pyridine rings is 1. The average molecular weight is 698 g/mol. The number of benzene rings is 1. The van der Waals surface area contributed by atoms with Gasteiger partial charge in [-0.2, -0.15) is 5.10 Å². The van der Waals surface area contributed by atoms with E-state index >= 15 is 0 Å². The smallest absolute Gasteiger partial charge is 0.248 e. The quantitative estimate of drug-likeness (QED) is 0.203. The minimum absolute atomic E-state index is 0.0116. The van der Waals surface area contributed by atoms with Crippen LogP contribution in [0.4, 0.5) is 5.82 Å². The number of Topliss-reactive ketones (excluding diaryl/α,β-unsaturated/α-hetero) is 1. The summed E-state index contributed by atoms with van der Waals surface area (Å²) in [5.74, 6) is 0.573. The maximum atomic E-state index is 14.3. The van der Waals surface area contributed by atoms with Gasteiger partial charge < -0.3 is 15.1 Å². The number of aromatic nitrogens is 5. The third-order valence-corrected chi connectivity index (χ3v) is 11.3. The van der Waals surface area contributed by atoms with Crippen molar-refractivity contribution in [3.05, 3.63) is 64.4 Å². The van der Waals surface area contributed by atoms with Gasteiger partial charge in [-0.15, -0.1) is 0 Å². The van der Waals surface area contributed by atoms with E-state index in [1.165, 1.54) is 26.2 Å². The lowest BCUT2D eigenvalue weighted by molar-refractivity contribution is -0.138. The zero-order valence-electron chi connectivity index (χ0n) is 26.8. The lowest BCUT2D eigenvalue weighted by atomic mass is 9.63. The highest BCUT2D eigenvalue weighted by molar-refractivity contribution is 9.10. The van der Waals surface area contributed by atoms with E-state index in [1.54, 1.807) is 22.0 Å². The third kappa shape index (κ3) is 5.25. The summed E-state index contributed by atoms with van der Waals surface area (Å²) < 4.78 is 2.24. The van der Waals surface area contributed by atoms with E-state index in [9.17, 15) is 14.4 Å². The molecule has 4 fully saturated rings. The van der Waals surface area contributed by atoms with Crippen molar-refractivity contribution in [2.24, 2.45) is 10.8 Å². The highest BCUT2D eigenvalue weighted by Crippen LogP contribution is 2.61. The molecule has 2 amide bonds. The predicted octanol–water partition coefficient (Wildman–Crippen LogP) is 4.95. The third-order valence-electron chi connectivity index (χ3n) is 10.9. The van der Waals surface area contributed by atoms with Gasteiger partial charge in [-0.3, -0.25) is 19.1 Å². The second-order valence-corrected chi connectivity index (χ2v) is 15.0. The summed E-state index contributed by atoms with van der Waals surface area (Å²) in [4.78, 5) is 58.4. The monoisotopic (exact) mass is 696 g/mol. The molecule has 1 N–H and O–H groups in total. The normalized spacial score (nSPS) is 24.1. The molecule has 0 unspecified atom stereocenters. The van der Waals surface area contributed by atoms with E-state index in [1.807, 2.05) is 44.2 Å². The van der Waals surface area contributed by atoms with E-state index in [0.717, 1.165) is 42.7 Å². The summed E-state index contributed by atoms with van der Waals surface area (Å²) in [5, 5.41) is 8.32. The van der Waals surface area contributed by atoms with Crippen LogP contribution >= 0.6 is 15.9 Å². The topological polar surface area (TPSA) is 126 Å². The van der Waals surface area contributed by atoms with E-state index < -0.39 is 6.04 Å². The standard InChI is InChI=1S/C35H37BrN8O3/c1-20-5-8-29(36)39-32(20)40-33(47)27-12-35(19-42-17-34(18-42)9-4-10-34)13-28(35)44(27)30(46)16-43-26-7-6-23(24-14-37-22(3)38-15-24)11-25(26)31(41-43)21(2)45/h5-8,11,14-15,27-28H,4,9-10,12-13,16-19H2,1-3H3,(H,39,40,47)/t27-,28+,35-/m0/s1. The summed E-state index contributed by atoms with van der Waals surface area (Å²) in [7, 11) is 0. The van der Waals surface area contributed by atoms with Crippen LogP contribution < -0.4 is 5.32 Å². The number of ketones is 1. The number of amides is 2. The predicted molar refractivity (Wildman–Crippen MR) is 180 cm³/mol. The number of piperidine rings is 1. The summed E-state index contributed by atoms with van der Waals surface area (Å²) in [5.41, 5.74) is 3.94. The molecule has 5 heterocycles. The number of nitrogens with zero attached hydrogens (tertiary/aromatic N) is 7. The molecule has 3 aromatic heterocycles. The zero-order valence-corrected chi connectivity index (χ0v) is 28.4. The fourth-order valence-corrected chi connectivity index (χ4v) is 8.52. The summed E-state index contributed by atoms with van der Waals surface area (Å²) >= 11 is 3.41. The van der Waals surface area contributed by atoms with Crippen molar-refractivity contribution in [3.8, 4) is 11.1 Å². The van der Waals surface area contributed by atoms with Crippen molar-refractivity contribution in [2.75, 3.05) is 25.0 Å². The SMILES string of the molecule is CC(=O)c1nn(CC(=O)N2[C@H](C(=O)Nc3nc(Br)ccc3C)C[C@@]3(CN4CC5(CCC5)C4)C[C@@H]23)c2ccc(-c3cnc(C)nc3)cc12. The largest absolute Gasteiger partial charge is 0.325 e. The van der Waals surface area contributed by atoms with Crippen LogP contribution in [-0.2, 0) is 16.1 Å². The molecule has 12 heteroatoms. The second kappa shape index (κ2) is 11.0. The molecule has 0 radical (unpaired) electrons. The number of fused-ring (bicyclic) bond motifs is 2.